The highest BCUT2D eigenvalue weighted by Gasteiger charge is 2.22. The van der Waals surface area contributed by atoms with Crippen molar-refractivity contribution in [3.05, 3.63) is 0 Å². The van der Waals surface area contributed by atoms with Gasteiger partial charge in [-0.25, -0.2) is 0 Å². The SMILES string of the molecule is COC(=O)C(CCCC#CC(C)C)C(C)=O. The van der Waals surface area contributed by atoms with Gasteiger partial charge in [0.15, 0.2) is 0 Å². The van der Waals surface area contributed by atoms with Crippen molar-refractivity contribution in [1.82, 2.24) is 0 Å². The van der Waals surface area contributed by atoms with E-state index in [1.54, 1.807) is 0 Å². The zero-order valence-corrected chi connectivity index (χ0v) is 10.5. The van der Waals surface area contributed by atoms with E-state index in [1.165, 1.54) is 14.0 Å². The van der Waals surface area contributed by atoms with Gasteiger partial charge in [-0.2, -0.15) is 0 Å². The van der Waals surface area contributed by atoms with Crippen LogP contribution in [0.2, 0.25) is 0 Å². The number of hydrogen-bond acceptors (Lipinski definition) is 3. The Morgan fingerprint density at radius 3 is 2.38 bits per heavy atom. The molecule has 0 spiro atoms. The maximum atomic E-state index is 11.2. The zero-order chi connectivity index (χ0) is 12.6. The minimum Gasteiger partial charge on any atom is -0.468 e. The van der Waals surface area contributed by atoms with Gasteiger partial charge in [-0.1, -0.05) is 13.8 Å². The molecule has 3 heteroatoms. The molecule has 0 N–H and O–H groups in total. The van der Waals surface area contributed by atoms with Crippen LogP contribution in [0.25, 0.3) is 0 Å². The summed E-state index contributed by atoms with van der Waals surface area (Å²) >= 11 is 0. The van der Waals surface area contributed by atoms with Crippen molar-refractivity contribution in [2.75, 3.05) is 7.11 Å². The number of methoxy groups -OCH3 is 1. The number of ketones is 1. The lowest BCUT2D eigenvalue weighted by Gasteiger charge is -2.09. The molecule has 0 aliphatic heterocycles. The molecule has 0 heterocycles. The first-order chi connectivity index (χ1) is 7.49. The molecule has 0 aliphatic carbocycles. The first kappa shape index (κ1) is 14.7. The molecule has 0 aromatic heterocycles. The summed E-state index contributed by atoms with van der Waals surface area (Å²) in [6, 6.07) is 0. The average molecular weight is 224 g/mol. The predicted molar refractivity (Wildman–Crippen MR) is 62.7 cm³/mol. The Morgan fingerprint density at radius 2 is 1.94 bits per heavy atom. The number of carbonyl (C=O) groups is 2. The zero-order valence-electron chi connectivity index (χ0n) is 10.5. The van der Waals surface area contributed by atoms with Gasteiger partial charge in [-0.05, 0) is 19.8 Å². The number of hydrogen-bond donors (Lipinski definition) is 0. The van der Waals surface area contributed by atoms with Crippen molar-refractivity contribution in [1.29, 1.82) is 0 Å². The van der Waals surface area contributed by atoms with E-state index in [0.29, 0.717) is 12.3 Å². The fourth-order valence-electron chi connectivity index (χ4n) is 1.30. The van der Waals surface area contributed by atoms with Crippen LogP contribution in [0.15, 0.2) is 0 Å². The van der Waals surface area contributed by atoms with E-state index < -0.39 is 11.9 Å². The molecule has 90 valence electrons. The second-order valence-electron chi connectivity index (χ2n) is 4.05. The second kappa shape index (κ2) is 7.92. The first-order valence-corrected chi connectivity index (χ1v) is 5.55. The highest BCUT2D eigenvalue weighted by atomic mass is 16.5. The molecule has 1 atom stereocenters. The lowest BCUT2D eigenvalue weighted by Crippen LogP contribution is -2.23. The van der Waals surface area contributed by atoms with Crippen molar-refractivity contribution < 1.29 is 14.3 Å². The molecule has 0 aliphatic rings. The van der Waals surface area contributed by atoms with Crippen LogP contribution in [0, 0.1) is 23.7 Å². The minimum atomic E-state index is -0.620. The van der Waals surface area contributed by atoms with Gasteiger partial charge in [0, 0.05) is 12.3 Å². The molecule has 0 amide bonds. The fraction of sp³-hybridized carbons (Fsp3) is 0.692. The lowest BCUT2D eigenvalue weighted by atomic mass is 9.98. The summed E-state index contributed by atoms with van der Waals surface area (Å²) in [6.45, 7) is 5.47. The summed E-state index contributed by atoms with van der Waals surface area (Å²) in [5, 5.41) is 0. The summed E-state index contributed by atoms with van der Waals surface area (Å²) in [4.78, 5) is 22.4. The van der Waals surface area contributed by atoms with Crippen LogP contribution < -0.4 is 0 Å². The Morgan fingerprint density at radius 1 is 1.31 bits per heavy atom. The molecule has 0 saturated heterocycles. The van der Waals surface area contributed by atoms with Crippen LogP contribution in [0.1, 0.15) is 40.0 Å². The third-order valence-electron chi connectivity index (χ3n) is 2.16. The highest BCUT2D eigenvalue weighted by molar-refractivity contribution is 5.97. The van der Waals surface area contributed by atoms with E-state index in [1.807, 2.05) is 13.8 Å². The van der Waals surface area contributed by atoms with Crippen LogP contribution in [0.4, 0.5) is 0 Å². The Labute approximate surface area is 97.6 Å². The van der Waals surface area contributed by atoms with Crippen LogP contribution in [0.5, 0.6) is 0 Å². The van der Waals surface area contributed by atoms with Crippen LogP contribution >= 0.6 is 0 Å². The molecule has 1 unspecified atom stereocenters. The smallest absolute Gasteiger partial charge is 0.316 e. The molecular weight excluding hydrogens is 204 g/mol. The van der Waals surface area contributed by atoms with Gasteiger partial charge < -0.3 is 4.74 Å². The maximum absolute atomic E-state index is 11.2. The monoisotopic (exact) mass is 224 g/mol. The highest BCUT2D eigenvalue weighted by Crippen LogP contribution is 2.11. The third-order valence-corrected chi connectivity index (χ3v) is 2.16. The Bertz CT molecular complexity index is 294. The molecule has 0 rings (SSSR count). The average Bonchev–Trinajstić information content (AvgIpc) is 2.21. The van der Waals surface area contributed by atoms with Gasteiger partial charge in [0.25, 0.3) is 0 Å². The second-order valence-corrected chi connectivity index (χ2v) is 4.05. The standard InChI is InChI=1S/C13H20O3/c1-10(2)8-6-5-7-9-12(11(3)14)13(15)16-4/h10,12H,5,7,9H2,1-4H3. The van der Waals surface area contributed by atoms with Crippen molar-refractivity contribution in [2.24, 2.45) is 11.8 Å². The summed E-state index contributed by atoms with van der Waals surface area (Å²) in [7, 11) is 1.30. The van der Waals surface area contributed by atoms with Gasteiger partial charge >= 0.3 is 5.97 Å². The number of esters is 1. The van der Waals surface area contributed by atoms with Crippen molar-refractivity contribution in [2.45, 2.75) is 40.0 Å². The van der Waals surface area contributed by atoms with Crippen molar-refractivity contribution in [3.63, 3.8) is 0 Å². The molecule has 0 bridgehead atoms. The normalized spacial score (nSPS) is 11.6. The van der Waals surface area contributed by atoms with E-state index in [2.05, 4.69) is 16.6 Å². The van der Waals surface area contributed by atoms with Gasteiger partial charge in [-0.15, -0.1) is 11.8 Å². The summed E-state index contributed by atoms with van der Waals surface area (Å²) in [5.41, 5.74) is 0. The van der Waals surface area contributed by atoms with Gasteiger partial charge in [-0.3, -0.25) is 9.59 Å². The number of ether oxygens (including phenoxy) is 1. The number of carbonyl (C=O) groups excluding carboxylic acids is 2. The van der Waals surface area contributed by atoms with Crippen molar-refractivity contribution >= 4 is 11.8 Å². The Balaban J connectivity index is 4.02. The van der Waals surface area contributed by atoms with Crippen LogP contribution in [-0.4, -0.2) is 18.9 Å². The quantitative estimate of drug-likeness (QED) is 0.311. The molecule has 3 nitrogen and oxygen atoms in total. The van der Waals surface area contributed by atoms with E-state index in [9.17, 15) is 9.59 Å². The van der Waals surface area contributed by atoms with Crippen molar-refractivity contribution in [3.8, 4) is 11.8 Å². The molecule has 0 saturated carbocycles. The lowest BCUT2D eigenvalue weighted by molar-refractivity contribution is -0.149. The maximum Gasteiger partial charge on any atom is 0.316 e. The summed E-state index contributed by atoms with van der Waals surface area (Å²) in [5.74, 6) is 5.23. The molecule has 0 aromatic carbocycles. The number of rotatable bonds is 5. The predicted octanol–water partition coefficient (Wildman–Crippen LogP) is 2.19. The number of unbranched alkanes of at least 4 members (excludes halogenated alkanes) is 1. The number of Topliss-reactive ketones (excluding diaryl/α,β-unsaturated/α-hetero) is 1. The first-order valence-electron chi connectivity index (χ1n) is 5.55. The van der Waals surface area contributed by atoms with Crippen LogP contribution in [0.3, 0.4) is 0 Å². The topological polar surface area (TPSA) is 43.4 Å². The summed E-state index contributed by atoms with van der Waals surface area (Å²) < 4.78 is 4.57. The Hall–Kier alpha value is -1.30. The largest absolute Gasteiger partial charge is 0.468 e. The molecular formula is C13H20O3. The fourth-order valence-corrected chi connectivity index (χ4v) is 1.30. The van der Waals surface area contributed by atoms with E-state index in [0.717, 1.165) is 12.8 Å². The minimum absolute atomic E-state index is 0.135. The Kier molecular flexibility index (Phi) is 7.28. The third kappa shape index (κ3) is 6.23. The molecule has 0 aromatic rings. The molecule has 0 fully saturated rings. The van der Waals surface area contributed by atoms with Crippen LogP contribution in [-0.2, 0) is 14.3 Å². The van der Waals surface area contributed by atoms with E-state index in [4.69, 9.17) is 0 Å². The molecule has 16 heavy (non-hydrogen) atoms. The van der Waals surface area contributed by atoms with Gasteiger partial charge in [0.2, 0.25) is 0 Å². The summed E-state index contributed by atoms with van der Waals surface area (Å²) in [6.07, 6.45) is 1.99. The van der Waals surface area contributed by atoms with E-state index in [-0.39, 0.29) is 5.78 Å². The van der Waals surface area contributed by atoms with Gasteiger partial charge in [0.05, 0.1) is 7.11 Å². The molecule has 0 radical (unpaired) electrons. The van der Waals surface area contributed by atoms with Gasteiger partial charge in [0.1, 0.15) is 11.7 Å². The van der Waals surface area contributed by atoms with E-state index >= 15 is 0 Å².